The van der Waals surface area contributed by atoms with Crippen molar-refractivity contribution in [2.24, 2.45) is 5.92 Å². The molecule has 1 aromatic heterocycles. The standard InChI is InChI=1S/C12H21N3/c1-2-5-11(4-1)6-3-7-13-8-12-9-14-10-15-12/h9-11,13H,1-8H2,(H,14,15). The van der Waals surface area contributed by atoms with Crippen molar-refractivity contribution in [3.05, 3.63) is 18.2 Å². The molecule has 3 nitrogen and oxygen atoms in total. The molecule has 2 N–H and O–H groups in total. The second kappa shape index (κ2) is 5.91. The SMILES string of the molecule is c1ncc(CNCCCC2CCCC2)[nH]1. The zero-order valence-corrected chi connectivity index (χ0v) is 9.34. The Morgan fingerprint density at radius 3 is 3.00 bits per heavy atom. The highest BCUT2D eigenvalue weighted by Gasteiger charge is 2.13. The van der Waals surface area contributed by atoms with E-state index in [1.807, 2.05) is 6.20 Å². The highest BCUT2D eigenvalue weighted by Crippen LogP contribution is 2.28. The third kappa shape index (κ3) is 3.67. The first-order valence-electron chi connectivity index (χ1n) is 6.13. The summed E-state index contributed by atoms with van der Waals surface area (Å²) in [6.07, 6.45) is 12.2. The molecular weight excluding hydrogens is 186 g/mol. The normalized spacial score (nSPS) is 17.3. The van der Waals surface area contributed by atoms with Crippen LogP contribution in [-0.4, -0.2) is 16.5 Å². The molecule has 84 valence electrons. The van der Waals surface area contributed by atoms with E-state index < -0.39 is 0 Å². The van der Waals surface area contributed by atoms with Crippen molar-refractivity contribution in [3.8, 4) is 0 Å². The summed E-state index contributed by atoms with van der Waals surface area (Å²) < 4.78 is 0. The van der Waals surface area contributed by atoms with E-state index in [4.69, 9.17) is 0 Å². The van der Waals surface area contributed by atoms with E-state index >= 15 is 0 Å². The van der Waals surface area contributed by atoms with Crippen LogP contribution in [0.25, 0.3) is 0 Å². The molecule has 1 saturated carbocycles. The van der Waals surface area contributed by atoms with Gasteiger partial charge in [0.25, 0.3) is 0 Å². The molecule has 0 bridgehead atoms. The van der Waals surface area contributed by atoms with Crippen LogP contribution in [0.1, 0.15) is 44.2 Å². The fourth-order valence-electron chi connectivity index (χ4n) is 2.42. The number of hydrogen-bond acceptors (Lipinski definition) is 2. The van der Waals surface area contributed by atoms with Gasteiger partial charge in [-0.25, -0.2) is 4.98 Å². The van der Waals surface area contributed by atoms with Crippen LogP contribution in [0.4, 0.5) is 0 Å². The van der Waals surface area contributed by atoms with Crippen LogP contribution < -0.4 is 5.32 Å². The summed E-state index contributed by atoms with van der Waals surface area (Å²) in [4.78, 5) is 7.08. The van der Waals surface area contributed by atoms with Gasteiger partial charge in [0.15, 0.2) is 0 Å². The Morgan fingerprint density at radius 2 is 2.27 bits per heavy atom. The fraction of sp³-hybridized carbons (Fsp3) is 0.750. The number of imidazole rings is 1. The first-order chi connectivity index (χ1) is 7.45. The third-order valence-electron chi connectivity index (χ3n) is 3.31. The van der Waals surface area contributed by atoms with Gasteiger partial charge in [-0.05, 0) is 25.3 Å². The lowest BCUT2D eigenvalue weighted by Gasteiger charge is -2.08. The van der Waals surface area contributed by atoms with E-state index in [-0.39, 0.29) is 0 Å². The molecule has 1 aliphatic carbocycles. The largest absolute Gasteiger partial charge is 0.347 e. The van der Waals surface area contributed by atoms with Crippen molar-refractivity contribution in [1.82, 2.24) is 15.3 Å². The van der Waals surface area contributed by atoms with Gasteiger partial charge in [-0.15, -0.1) is 0 Å². The van der Waals surface area contributed by atoms with Crippen molar-refractivity contribution in [2.75, 3.05) is 6.54 Å². The van der Waals surface area contributed by atoms with Crippen LogP contribution in [0.2, 0.25) is 0 Å². The van der Waals surface area contributed by atoms with Crippen LogP contribution >= 0.6 is 0 Å². The molecule has 0 amide bonds. The molecule has 2 rings (SSSR count). The molecular formula is C12H21N3. The molecule has 15 heavy (non-hydrogen) atoms. The predicted octanol–water partition coefficient (Wildman–Crippen LogP) is 2.47. The second-order valence-electron chi connectivity index (χ2n) is 4.55. The highest BCUT2D eigenvalue weighted by molar-refractivity contribution is 4.92. The lowest BCUT2D eigenvalue weighted by molar-refractivity contribution is 0.470. The van der Waals surface area contributed by atoms with Gasteiger partial charge >= 0.3 is 0 Å². The maximum atomic E-state index is 3.99. The maximum Gasteiger partial charge on any atom is 0.0922 e. The Hall–Kier alpha value is -0.830. The Morgan fingerprint density at radius 1 is 1.40 bits per heavy atom. The summed E-state index contributed by atoms with van der Waals surface area (Å²) in [6, 6.07) is 0. The Labute approximate surface area is 91.7 Å². The van der Waals surface area contributed by atoms with Crippen LogP contribution in [-0.2, 0) is 6.54 Å². The Bertz CT molecular complexity index is 250. The first kappa shape index (κ1) is 10.7. The quantitative estimate of drug-likeness (QED) is 0.703. The number of H-pyrrole nitrogens is 1. The smallest absolute Gasteiger partial charge is 0.0922 e. The molecule has 0 aromatic carbocycles. The van der Waals surface area contributed by atoms with Crippen molar-refractivity contribution in [3.63, 3.8) is 0 Å². The van der Waals surface area contributed by atoms with Gasteiger partial charge in [0.05, 0.1) is 6.33 Å². The summed E-state index contributed by atoms with van der Waals surface area (Å²) in [5.41, 5.74) is 1.18. The van der Waals surface area contributed by atoms with Crippen LogP contribution in [0.5, 0.6) is 0 Å². The maximum absolute atomic E-state index is 3.99. The van der Waals surface area contributed by atoms with Crippen molar-refractivity contribution >= 4 is 0 Å². The van der Waals surface area contributed by atoms with E-state index in [2.05, 4.69) is 15.3 Å². The molecule has 1 aliphatic rings. The zero-order valence-electron chi connectivity index (χ0n) is 9.34. The van der Waals surface area contributed by atoms with E-state index in [0.717, 1.165) is 19.0 Å². The monoisotopic (exact) mass is 207 g/mol. The van der Waals surface area contributed by atoms with Gasteiger partial charge in [0.1, 0.15) is 0 Å². The lowest BCUT2D eigenvalue weighted by atomic mass is 10.0. The van der Waals surface area contributed by atoms with E-state index in [1.54, 1.807) is 6.33 Å². The zero-order chi connectivity index (χ0) is 10.3. The molecule has 1 heterocycles. The second-order valence-corrected chi connectivity index (χ2v) is 4.55. The van der Waals surface area contributed by atoms with E-state index in [0.29, 0.717) is 0 Å². The minimum atomic E-state index is 0.921. The fourth-order valence-corrected chi connectivity index (χ4v) is 2.42. The molecule has 0 unspecified atom stereocenters. The minimum absolute atomic E-state index is 0.921. The third-order valence-corrected chi connectivity index (χ3v) is 3.31. The number of nitrogens with one attached hydrogen (secondary N) is 2. The summed E-state index contributed by atoms with van der Waals surface area (Å²) in [7, 11) is 0. The number of hydrogen-bond donors (Lipinski definition) is 2. The van der Waals surface area contributed by atoms with Crippen LogP contribution in [0, 0.1) is 5.92 Å². The number of nitrogens with zero attached hydrogens (tertiary/aromatic N) is 1. The molecule has 0 radical (unpaired) electrons. The number of aromatic amines is 1. The van der Waals surface area contributed by atoms with Gasteiger partial charge in [0, 0.05) is 18.4 Å². The predicted molar refractivity (Wildman–Crippen MR) is 61.5 cm³/mol. The first-order valence-corrected chi connectivity index (χ1v) is 6.13. The van der Waals surface area contributed by atoms with Crippen molar-refractivity contribution in [1.29, 1.82) is 0 Å². The van der Waals surface area contributed by atoms with E-state index in [9.17, 15) is 0 Å². The lowest BCUT2D eigenvalue weighted by Crippen LogP contribution is -2.15. The van der Waals surface area contributed by atoms with Crippen LogP contribution in [0.15, 0.2) is 12.5 Å². The topological polar surface area (TPSA) is 40.7 Å². The molecule has 0 atom stereocenters. The summed E-state index contributed by atoms with van der Waals surface area (Å²) in [6.45, 7) is 2.06. The average molecular weight is 207 g/mol. The van der Waals surface area contributed by atoms with E-state index in [1.165, 1.54) is 44.2 Å². The highest BCUT2D eigenvalue weighted by atomic mass is 14.9. The molecule has 3 heteroatoms. The van der Waals surface area contributed by atoms with Gasteiger partial charge in [-0.1, -0.05) is 25.7 Å². The molecule has 0 spiro atoms. The van der Waals surface area contributed by atoms with Crippen molar-refractivity contribution in [2.45, 2.75) is 45.1 Å². The Kier molecular flexibility index (Phi) is 4.21. The minimum Gasteiger partial charge on any atom is -0.347 e. The molecule has 1 fully saturated rings. The van der Waals surface area contributed by atoms with Gasteiger partial charge in [-0.3, -0.25) is 0 Å². The summed E-state index contributed by atoms with van der Waals surface area (Å²) >= 11 is 0. The molecule has 0 saturated heterocycles. The average Bonchev–Trinajstić information content (AvgIpc) is 2.88. The van der Waals surface area contributed by atoms with Gasteiger partial charge in [-0.2, -0.15) is 0 Å². The number of aromatic nitrogens is 2. The summed E-state index contributed by atoms with van der Waals surface area (Å²) in [5, 5.41) is 3.44. The molecule has 0 aliphatic heterocycles. The molecule has 1 aromatic rings. The summed E-state index contributed by atoms with van der Waals surface area (Å²) in [5.74, 6) is 1.03. The van der Waals surface area contributed by atoms with Gasteiger partial charge in [0.2, 0.25) is 0 Å². The van der Waals surface area contributed by atoms with Gasteiger partial charge < -0.3 is 10.3 Å². The Balaban J connectivity index is 1.48. The van der Waals surface area contributed by atoms with Crippen LogP contribution in [0.3, 0.4) is 0 Å². The van der Waals surface area contributed by atoms with Crippen molar-refractivity contribution < 1.29 is 0 Å². The number of rotatable bonds is 6.